The van der Waals surface area contributed by atoms with E-state index in [9.17, 15) is 14.9 Å². The van der Waals surface area contributed by atoms with Gasteiger partial charge in [0.25, 0.3) is 0 Å². The molecule has 1 rings (SSSR count). The van der Waals surface area contributed by atoms with Crippen LogP contribution in [0.5, 0.6) is 5.75 Å². The van der Waals surface area contributed by atoms with Gasteiger partial charge in [0.05, 0.1) is 24.3 Å². The molecule has 0 aliphatic carbocycles. The van der Waals surface area contributed by atoms with Crippen molar-refractivity contribution in [3.05, 3.63) is 28.3 Å². The van der Waals surface area contributed by atoms with Crippen molar-refractivity contribution in [1.82, 2.24) is 0 Å². The lowest BCUT2D eigenvalue weighted by Gasteiger charge is -2.07. The van der Waals surface area contributed by atoms with Crippen LogP contribution in [0.2, 0.25) is 0 Å². The molecular formula is C11H13ClN2O5. The highest BCUT2D eigenvalue weighted by Crippen LogP contribution is 2.29. The molecule has 0 bridgehead atoms. The first-order valence-electron chi connectivity index (χ1n) is 5.40. The summed E-state index contributed by atoms with van der Waals surface area (Å²) in [5.74, 6) is 0.507. The Hall–Kier alpha value is -2.02. The molecule has 0 saturated heterocycles. The van der Waals surface area contributed by atoms with Gasteiger partial charge < -0.3 is 9.47 Å². The van der Waals surface area contributed by atoms with Crippen molar-refractivity contribution in [1.29, 1.82) is 0 Å². The monoisotopic (exact) mass is 288 g/mol. The van der Waals surface area contributed by atoms with Gasteiger partial charge in [-0.25, -0.2) is 4.79 Å². The van der Waals surface area contributed by atoms with Gasteiger partial charge in [0.15, 0.2) is 5.75 Å². The number of nitrogens with one attached hydrogen (secondary N) is 1. The molecule has 0 aromatic heterocycles. The van der Waals surface area contributed by atoms with Gasteiger partial charge in [0, 0.05) is 11.9 Å². The second-order valence-electron chi connectivity index (χ2n) is 3.45. The maximum atomic E-state index is 11.3. The molecule has 1 amide bonds. The van der Waals surface area contributed by atoms with Crippen LogP contribution < -0.4 is 10.1 Å². The lowest BCUT2D eigenvalue weighted by Crippen LogP contribution is -2.14. The molecule has 0 fully saturated rings. The van der Waals surface area contributed by atoms with E-state index in [-0.39, 0.29) is 23.7 Å². The minimum absolute atomic E-state index is 0.117. The van der Waals surface area contributed by atoms with Crippen LogP contribution in [0.1, 0.15) is 6.42 Å². The quantitative estimate of drug-likeness (QED) is 0.376. The number of hydrogen-bond acceptors (Lipinski definition) is 5. The molecule has 0 spiro atoms. The van der Waals surface area contributed by atoms with Crippen LogP contribution in [-0.2, 0) is 4.74 Å². The molecule has 19 heavy (non-hydrogen) atoms. The molecule has 0 heterocycles. The van der Waals surface area contributed by atoms with Crippen LogP contribution in [-0.4, -0.2) is 30.6 Å². The molecule has 1 N–H and O–H groups in total. The minimum Gasteiger partial charge on any atom is -0.490 e. The van der Waals surface area contributed by atoms with Gasteiger partial charge >= 0.3 is 11.8 Å². The Kier molecular flexibility index (Phi) is 5.87. The Morgan fingerprint density at radius 2 is 2.26 bits per heavy atom. The molecule has 0 saturated carbocycles. The zero-order chi connectivity index (χ0) is 14.3. The molecule has 1 aromatic carbocycles. The third-order valence-electron chi connectivity index (χ3n) is 2.13. The van der Waals surface area contributed by atoms with Crippen molar-refractivity contribution in [3.63, 3.8) is 0 Å². The Morgan fingerprint density at radius 3 is 2.84 bits per heavy atom. The molecule has 0 unspecified atom stereocenters. The van der Waals surface area contributed by atoms with Crippen LogP contribution in [0.3, 0.4) is 0 Å². The van der Waals surface area contributed by atoms with Crippen LogP contribution >= 0.6 is 11.6 Å². The van der Waals surface area contributed by atoms with E-state index in [2.05, 4.69) is 5.32 Å². The number of nitro groups is 1. The molecule has 0 aliphatic rings. The number of benzene rings is 1. The third-order valence-corrected chi connectivity index (χ3v) is 2.40. The van der Waals surface area contributed by atoms with Crippen LogP contribution in [0.4, 0.5) is 16.2 Å². The van der Waals surface area contributed by atoms with Crippen LogP contribution in [0.15, 0.2) is 18.2 Å². The van der Waals surface area contributed by atoms with Gasteiger partial charge in [-0.05, 0) is 18.6 Å². The van der Waals surface area contributed by atoms with Crippen molar-refractivity contribution in [3.8, 4) is 5.75 Å². The number of hydrogen-bond donors (Lipinski definition) is 1. The zero-order valence-corrected chi connectivity index (χ0v) is 11.0. The Morgan fingerprint density at radius 1 is 1.53 bits per heavy atom. The summed E-state index contributed by atoms with van der Waals surface area (Å²) < 4.78 is 9.65. The van der Waals surface area contributed by atoms with E-state index in [1.807, 2.05) is 0 Å². The highest BCUT2D eigenvalue weighted by atomic mass is 35.5. The lowest BCUT2D eigenvalue weighted by atomic mass is 10.2. The first kappa shape index (κ1) is 15.0. The summed E-state index contributed by atoms with van der Waals surface area (Å²) in [6.07, 6.45) is -0.151. The van der Waals surface area contributed by atoms with Crippen molar-refractivity contribution in [2.75, 3.05) is 24.9 Å². The topological polar surface area (TPSA) is 90.7 Å². The summed E-state index contributed by atoms with van der Waals surface area (Å²) in [5, 5.41) is 13.2. The Balaban J connectivity index is 2.71. The van der Waals surface area contributed by atoms with E-state index in [1.165, 1.54) is 25.3 Å². The fourth-order valence-electron chi connectivity index (χ4n) is 1.28. The van der Waals surface area contributed by atoms with Crippen molar-refractivity contribution < 1.29 is 19.2 Å². The fraction of sp³-hybridized carbons (Fsp3) is 0.364. The summed E-state index contributed by atoms with van der Waals surface area (Å²) in [6, 6.07) is 4.07. The molecular weight excluding hydrogens is 276 g/mol. The number of carbonyl (C=O) groups excluding carboxylic acids is 1. The van der Waals surface area contributed by atoms with Crippen LogP contribution in [0, 0.1) is 10.1 Å². The van der Waals surface area contributed by atoms with E-state index in [4.69, 9.17) is 21.1 Å². The number of amides is 1. The first-order chi connectivity index (χ1) is 9.08. The summed E-state index contributed by atoms with van der Waals surface area (Å²) in [6.45, 7) is 0.188. The summed E-state index contributed by atoms with van der Waals surface area (Å²) in [7, 11) is 1.33. The Labute approximate surface area is 114 Å². The molecule has 0 atom stereocenters. The molecule has 8 heteroatoms. The minimum atomic E-state index is -0.690. The number of halogens is 1. The number of anilines is 1. The standard InChI is InChI=1S/C11H13ClN2O5/c1-18-10-4-3-8(7-9(10)14(16)17)13-11(15)19-6-2-5-12/h3-4,7H,2,5-6H2,1H3,(H,13,15). The lowest BCUT2D eigenvalue weighted by molar-refractivity contribution is -0.385. The van der Waals surface area contributed by atoms with Crippen LogP contribution in [0.25, 0.3) is 0 Å². The number of nitro benzene ring substituents is 1. The average Bonchev–Trinajstić information content (AvgIpc) is 2.39. The fourth-order valence-corrected chi connectivity index (χ4v) is 1.39. The number of nitrogens with zero attached hydrogens (tertiary/aromatic N) is 1. The largest absolute Gasteiger partial charge is 0.490 e. The first-order valence-corrected chi connectivity index (χ1v) is 5.94. The van der Waals surface area contributed by atoms with Gasteiger partial charge in [-0.1, -0.05) is 0 Å². The number of ether oxygens (including phenoxy) is 2. The van der Waals surface area contributed by atoms with Gasteiger partial charge in [-0.2, -0.15) is 0 Å². The SMILES string of the molecule is COc1ccc(NC(=O)OCCCCl)cc1[N+](=O)[O-]. The summed E-state index contributed by atoms with van der Waals surface area (Å²) in [4.78, 5) is 21.5. The third kappa shape index (κ3) is 4.63. The van der Waals surface area contributed by atoms with E-state index in [0.29, 0.717) is 12.3 Å². The smallest absolute Gasteiger partial charge is 0.411 e. The molecule has 104 valence electrons. The summed E-state index contributed by atoms with van der Waals surface area (Å²) >= 11 is 5.43. The maximum absolute atomic E-state index is 11.3. The van der Waals surface area contributed by atoms with Gasteiger partial charge in [-0.3, -0.25) is 15.4 Å². The number of rotatable bonds is 6. The van der Waals surface area contributed by atoms with Gasteiger partial charge in [0.2, 0.25) is 0 Å². The van der Waals surface area contributed by atoms with E-state index in [1.54, 1.807) is 0 Å². The number of carbonyl (C=O) groups is 1. The Bertz CT molecular complexity index is 466. The molecule has 0 radical (unpaired) electrons. The van der Waals surface area contributed by atoms with Gasteiger partial charge in [0.1, 0.15) is 0 Å². The summed E-state index contributed by atoms with van der Waals surface area (Å²) in [5.41, 5.74) is 0.0180. The van der Waals surface area contributed by atoms with Gasteiger partial charge in [-0.15, -0.1) is 11.6 Å². The van der Waals surface area contributed by atoms with E-state index < -0.39 is 11.0 Å². The van der Waals surface area contributed by atoms with E-state index in [0.717, 1.165) is 0 Å². The molecule has 7 nitrogen and oxygen atoms in total. The number of methoxy groups -OCH3 is 1. The predicted molar refractivity (Wildman–Crippen MR) is 70.0 cm³/mol. The molecule has 1 aromatic rings. The highest BCUT2D eigenvalue weighted by molar-refractivity contribution is 6.17. The normalized spacial score (nSPS) is 9.79. The maximum Gasteiger partial charge on any atom is 0.411 e. The number of alkyl halides is 1. The molecule has 0 aliphatic heterocycles. The second kappa shape index (κ2) is 7.42. The second-order valence-corrected chi connectivity index (χ2v) is 3.83. The predicted octanol–water partition coefficient (Wildman–Crippen LogP) is 2.78. The van der Waals surface area contributed by atoms with E-state index >= 15 is 0 Å². The average molecular weight is 289 g/mol. The highest BCUT2D eigenvalue weighted by Gasteiger charge is 2.16. The van der Waals surface area contributed by atoms with Crippen molar-refractivity contribution in [2.45, 2.75) is 6.42 Å². The zero-order valence-electron chi connectivity index (χ0n) is 10.2. The van der Waals surface area contributed by atoms with Crippen molar-refractivity contribution >= 4 is 29.1 Å². The van der Waals surface area contributed by atoms with Crippen molar-refractivity contribution in [2.24, 2.45) is 0 Å².